The molecule has 1 aromatic heterocycles. The fourth-order valence-corrected chi connectivity index (χ4v) is 2.76. The van der Waals surface area contributed by atoms with Gasteiger partial charge >= 0.3 is 0 Å². The molecule has 0 saturated heterocycles. The van der Waals surface area contributed by atoms with Gasteiger partial charge in [0.15, 0.2) is 11.8 Å². The van der Waals surface area contributed by atoms with Gasteiger partial charge in [0.05, 0.1) is 7.11 Å². The maximum Gasteiger partial charge on any atom is 0.266 e. The normalized spacial score (nSPS) is 11.8. The molecule has 1 N–H and O–H groups in total. The van der Waals surface area contributed by atoms with Crippen LogP contribution in [0.2, 0.25) is 5.02 Å². The van der Waals surface area contributed by atoms with Gasteiger partial charge in [-0.25, -0.2) is 4.63 Å². The van der Waals surface area contributed by atoms with Crippen LogP contribution in [-0.2, 0) is 4.79 Å². The Hall–Kier alpha value is -3.06. The lowest BCUT2D eigenvalue weighted by atomic mass is 10.1. The lowest BCUT2D eigenvalue weighted by Gasteiger charge is -2.15. The zero-order valence-corrected chi connectivity index (χ0v) is 16.7. The summed E-state index contributed by atoms with van der Waals surface area (Å²) < 4.78 is 15.7. The first-order valence-electron chi connectivity index (χ1n) is 8.60. The Labute approximate surface area is 167 Å². The molecule has 0 aliphatic heterocycles. The topological polar surface area (TPSA) is 86.5 Å². The van der Waals surface area contributed by atoms with Crippen molar-refractivity contribution in [1.29, 1.82) is 0 Å². The summed E-state index contributed by atoms with van der Waals surface area (Å²) in [6.45, 7) is 5.42. The summed E-state index contributed by atoms with van der Waals surface area (Å²) in [5.74, 6) is 1.12. The van der Waals surface area contributed by atoms with E-state index in [0.29, 0.717) is 16.5 Å². The molecule has 0 saturated carbocycles. The number of methoxy groups -OCH3 is 1. The predicted octanol–water partition coefficient (Wildman–Crippen LogP) is 4.42. The minimum Gasteiger partial charge on any atom is -0.497 e. The molecule has 0 bridgehead atoms. The van der Waals surface area contributed by atoms with Gasteiger partial charge in [0, 0.05) is 10.6 Å². The number of hydrogen-bond acceptors (Lipinski definition) is 6. The number of hydrogen-bond donors (Lipinski definition) is 1. The molecule has 0 aliphatic rings. The molecule has 1 atom stereocenters. The highest BCUT2D eigenvalue weighted by Crippen LogP contribution is 2.30. The number of benzene rings is 2. The van der Waals surface area contributed by atoms with E-state index in [4.69, 9.17) is 25.7 Å². The molecule has 146 valence electrons. The fraction of sp³-hybridized carbons (Fsp3) is 0.250. The summed E-state index contributed by atoms with van der Waals surface area (Å²) in [6.07, 6.45) is -0.762. The number of carbonyl (C=O) groups excluding carboxylic acids is 1. The molecule has 0 spiro atoms. The van der Waals surface area contributed by atoms with Gasteiger partial charge in [0.2, 0.25) is 5.82 Å². The van der Waals surface area contributed by atoms with Gasteiger partial charge in [-0.2, -0.15) is 0 Å². The van der Waals surface area contributed by atoms with E-state index >= 15 is 0 Å². The minimum atomic E-state index is -0.762. The summed E-state index contributed by atoms with van der Waals surface area (Å²) >= 11 is 6.01. The second-order valence-corrected chi connectivity index (χ2v) is 6.71. The monoisotopic (exact) mass is 401 g/mol. The highest BCUT2D eigenvalue weighted by Gasteiger charge is 2.21. The van der Waals surface area contributed by atoms with E-state index in [1.165, 1.54) is 0 Å². The summed E-state index contributed by atoms with van der Waals surface area (Å²) in [7, 11) is 1.60. The number of nitrogens with one attached hydrogen (secondary N) is 1. The molecule has 2 aromatic carbocycles. The number of rotatable bonds is 6. The molecule has 1 heterocycles. The quantitative estimate of drug-likeness (QED) is 0.657. The second kappa shape index (κ2) is 8.31. The van der Waals surface area contributed by atoms with E-state index in [9.17, 15) is 4.79 Å². The van der Waals surface area contributed by atoms with Gasteiger partial charge in [0.25, 0.3) is 5.91 Å². The number of nitrogens with zero attached hydrogens (tertiary/aromatic N) is 2. The van der Waals surface area contributed by atoms with Crippen molar-refractivity contribution < 1.29 is 18.9 Å². The van der Waals surface area contributed by atoms with Gasteiger partial charge in [-0.1, -0.05) is 11.6 Å². The lowest BCUT2D eigenvalue weighted by Crippen LogP contribution is -2.30. The van der Waals surface area contributed by atoms with Gasteiger partial charge < -0.3 is 14.8 Å². The first-order valence-corrected chi connectivity index (χ1v) is 8.98. The molecule has 7 nitrogen and oxygen atoms in total. The molecule has 3 aromatic rings. The lowest BCUT2D eigenvalue weighted by molar-refractivity contribution is -0.122. The van der Waals surface area contributed by atoms with Crippen LogP contribution >= 0.6 is 11.6 Å². The van der Waals surface area contributed by atoms with Crippen molar-refractivity contribution in [1.82, 2.24) is 10.3 Å². The van der Waals surface area contributed by atoms with E-state index < -0.39 is 6.10 Å². The molecule has 8 heteroatoms. The zero-order valence-electron chi connectivity index (χ0n) is 15.9. The van der Waals surface area contributed by atoms with Crippen molar-refractivity contribution >= 4 is 23.3 Å². The number of aryl methyl sites for hydroxylation is 2. The third kappa shape index (κ3) is 4.26. The highest BCUT2D eigenvalue weighted by molar-refractivity contribution is 6.31. The van der Waals surface area contributed by atoms with Crippen molar-refractivity contribution in [2.45, 2.75) is 26.9 Å². The fourth-order valence-electron chi connectivity index (χ4n) is 2.64. The Balaban J connectivity index is 1.74. The van der Waals surface area contributed by atoms with E-state index in [0.717, 1.165) is 22.4 Å². The van der Waals surface area contributed by atoms with Crippen molar-refractivity contribution in [2.24, 2.45) is 0 Å². The number of halogens is 1. The summed E-state index contributed by atoms with van der Waals surface area (Å²) in [4.78, 5) is 12.5. The van der Waals surface area contributed by atoms with Crippen LogP contribution in [0.4, 0.5) is 5.82 Å². The van der Waals surface area contributed by atoms with Crippen molar-refractivity contribution in [3.63, 3.8) is 0 Å². The third-order valence-corrected chi connectivity index (χ3v) is 4.65. The summed E-state index contributed by atoms with van der Waals surface area (Å²) in [5, 5.41) is 11.1. The van der Waals surface area contributed by atoms with Crippen molar-refractivity contribution in [2.75, 3.05) is 12.4 Å². The van der Waals surface area contributed by atoms with Gasteiger partial charge in [0.1, 0.15) is 11.5 Å². The second-order valence-electron chi connectivity index (χ2n) is 6.30. The Morgan fingerprint density at radius 3 is 2.50 bits per heavy atom. The molecule has 0 aliphatic carbocycles. The van der Waals surface area contributed by atoms with Crippen LogP contribution in [-0.4, -0.2) is 29.4 Å². The Morgan fingerprint density at radius 1 is 1.11 bits per heavy atom. The van der Waals surface area contributed by atoms with Crippen LogP contribution in [0, 0.1) is 13.8 Å². The first kappa shape index (κ1) is 19.7. The minimum absolute atomic E-state index is 0.223. The standard InChI is InChI=1S/C20H20ClN3O4/c1-11-9-14(26-4)5-7-16(11)18-19(24-28-23-18)22-20(25)13(3)27-15-6-8-17(21)12(2)10-15/h5-10,13H,1-4H3,(H,22,24,25). The van der Waals surface area contributed by atoms with Crippen LogP contribution in [0.5, 0.6) is 11.5 Å². The van der Waals surface area contributed by atoms with Crippen LogP contribution in [0.25, 0.3) is 11.3 Å². The van der Waals surface area contributed by atoms with Gasteiger partial charge in [-0.3, -0.25) is 4.79 Å². The molecule has 1 amide bonds. The van der Waals surface area contributed by atoms with Crippen LogP contribution in [0.1, 0.15) is 18.1 Å². The maximum absolute atomic E-state index is 12.5. The van der Waals surface area contributed by atoms with E-state index in [2.05, 4.69) is 15.6 Å². The zero-order chi connectivity index (χ0) is 20.3. The smallest absolute Gasteiger partial charge is 0.266 e. The largest absolute Gasteiger partial charge is 0.497 e. The van der Waals surface area contributed by atoms with Crippen LogP contribution in [0.3, 0.4) is 0 Å². The van der Waals surface area contributed by atoms with Gasteiger partial charge in [-0.05, 0) is 78.6 Å². The number of amides is 1. The molecular formula is C20H20ClN3O4. The van der Waals surface area contributed by atoms with Crippen molar-refractivity contribution in [3.8, 4) is 22.8 Å². The Kier molecular flexibility index (Phi) is 5.84. The number of ether oxygens (including phenoxy) is 2. The summed E-state index contributed by atoms with van der Waals surface area (Å²) in [5.41, 5.74) is 2.98. The summed E-state index contributed by atoms with van der Waals surface area (Å²) in [6, 6.07) is 10.7. The maximum atomic E-state index is 12.5. The number of anilines is 1. The Morgan fingerprint density at radius 2 is 1.82 bits per heavy atom. The molecule has 1 unspecified atom stereocenters. The molecule has 0 radical (unpaired) electrons. The Bertz CT molecular complexity index is 1000. The molecular weight excluding hydrogens is 382 g/mol. The van der Waals surface area contributed by atoms with Gasteiger partial charge in [-0.15, -0.1) is 0 Å². The third-order valence-electron chi connectivity index (χ3n) is 4.23. The van der Waals surface area contributed by atoms with E-state index in [1.54, 1.807) is 38.3 Å². The SMILES string of the molecule is COc1ccc(-c2nonc2NC(=O)C(C)Oc2ccc(Cl)c(C)c2)c(C)c1. The average molecular weight is 402 g/mol. The van der Waals surface area contributed by atoms with Crippen molar-refractivity contribution in [3.05, 3.63) is 52.5 Å². The number of carbonyl (C=O) groups is 1. The van der Waals surface area contributed by atoms with E-state index in [1.807, 2.05) is 26.0 Å². The van der Waals surface area contributed by atoms with Crippen LogP contribution in [0.15, 0.2) is 41.0 Å². The first-order chi connectivity index (χ1) is 13.4. The predicted molar refractivity (Wildman–Crippen MR) is 106 cm³/mol. The number of aromatic nitrogens is 2. The molecule has 0 fully saturated rings. The molecule has 3 rings (SSSR count). The van der Waals surface area contributed by atoms with Crippen LogP contribution < -0.4 is 14.8 Å². The molecule has 28 heavy (non-hydrogen) atoms. The highest BCUT2D eigenvalue weighted by atomic mass is 35.5. The van der Waals surface area contributed by atoms with E-state index in [-0.39, 0.29) is 11.7 Å². The average Bonchev–Trinajstić information content (AvgIpc) is 3.12.